The van der Waals surface area contributed by atoms with Crippen LogP contribution in [-0.2, 0) is 19.6 Å². The van der Waals surface area contributed by atoms with Crippen LogP contribution in [0.3, 0.4) is 0 Å². The second kappa shape index (κ2) is 6.27. The van der Waals surface area contributed by atoms with Crippen LogP contribution < -0.4 is 4.72 Å². The molecule has 1 N–H and O–H groups in total. The van der Waals surface area contributed by atoms with Crippen molar-refractivity contribution in [1.82, 2.24) is 9.62 Å². The fourth-order valence-electron chi connectivity index (χ4n) is 3.07. The molecule has 2 fully saturated rings. The molecular weight excluding hydrogens is 324 g/mol. The van der Waals surface area contributed by atoms with Gasteiger partial charge in [0.2, 0.25) is 5.91 Å². The van der Waals surface area contributed by atoms with Gasteiger partial charge >= 0.3 is 0 Å². The van der Waals surface area contributed by atoms with E-state index in [1.54, 1.807) is 16.3 Å². The summed E-state index contributed by atoms with van der Waals surface area (Å²) in [4.78, 5) is 13.9. The minimum absolute atomic E-state index is 0.0345. The van der Waals surface area contributed by atoms with Crippen molar-refractivity contribution in [2.75, 3.05) is 26.2 Å². The number of carbonyl (C=O) groups excluding carboxylic acids is 1. The number of hydrogen-bond acceptors (Lipinski definition) is 5. The Balaban J connectivity index is 1.51. The monoisotopic (exact) mass is 344 g/mol. The normalized spacial score (nSPS) is 21.4. The average molecular weight is 344 g/mol. The van der Waals surface area contributed by atoms with Crippen LogP contribution in [0, 0.1) is 0 Å². The topological polar surface area (TPSA) is 75.7 Å². The lowest BCUT2D eigenvalue weighted by molar-refractivity contribution is -0.134. The second-order valence-electron chi connectivity index (χ2n) is 5.77. The van der Waals surface area contributed by atoms with Crippen molar-refractivity contribution in [2.45, 2.75) is 35.5 Å². The van der Waals surface area contributed by atoms with Crippen LogP contribution in [-0.4, -0.2) is 51.1 Å². The van der Waals surface area contributed by atoms with Gasteiger partial charge in [0, 0.05) is 19.7 Å². The van der Waals surface area contributed by atoms with Gasteiger partial charge < -0.3 is 9.64 Å². The summed E-state index contributed by atoms with van der Waals surface area (Å²) >= 11 is 1.14. The minimum Gasteiger partial charge on any atom is -0.375 e. The number of sulfonamides is 1. The van der Waals surface area contributed by atoms with E-state index in [9.17, 15) is 13.2 Å². The van der Waals surface area contributed by atoms with Gasteiger partial charge in [-0.2, -0.15) is 0 Å². The fraction of sp³-hybridized carbons (Fsp3) is 0.643. The van der Waals surface area contributed by atoms with E-state index in [0.717, 1.165) is 43.6 Å². The number of rotatable bonds is 4. The van der Waals surface area contributed by atoms with E-state index in [1.165, 1.54) is 6.07 Å². The highest BCUT2D eigenvalue weighted by Gasteiger charge is 2.39. The van der Waals surface area contributed by atoms with E-state index in [4.69, 9.17) is 4.74 Å². The molecule has 22 heavy (non-hydrogen) atoms. The molecule has 8 heteroatoms. The third-order valence-corrected chi connectivity index (χ3v) is 7.18. The summed E-state index contributed by atoms with van der Waals surface area (Å²) in [6.07, 6.45) is 3.85. The number of thiophene rings is 1. The summed E-state index contributed by atoms with van der Waals surface area (Å²) in [5, 5.41) is 1.70. The van der Waals surface area contributed by atoms with Gasteiger partial charge in [-0.25, -0.2) is 13.1 Å². The van der Waals surface area contributed by atoms with Crippen LogP contribution in [0.15, 0.2) is 21.7 Å². The highest BCUT2D eigenvalue weighted by molar-refractivity contribution is 7.91. The Bertz CT molecular complexity index is 611. The predicted molar refractivity (Wildman–Crippen MR) is 83.2 cm³/mol. The van der Waals surface area contributed by atoms with Crippen LogP contribution in [0.1, 0.15) is 25.7 Å². The third kappa shape index (κ3) is 3.34. The zero-order chi connectivity index (χ0) is 15.6. The Hall–Kier alpha value is -0.960. The maximum atomic E-state index is 12.2. The molecule has 6 nitrogen and oxygen atoms in total. The molecule has 2 aliphatic heterocycles. The standard InChI is InChI=1S/C14H20N2O4S2/c17-12(11-15-22(18,19)13-3-1-10-21-13)16-7-5-14(6-8-16)4-2-9-20-14/h1,3,10,15H,2,4-9,11H2. The first-order chi connectivity index (χ1) is 10.5. The molecule has 0 aliphatic carbocycles. The van der Waals surface area contributed by atoms with E-state index in [2.05, 4.69) is 4.72 Å². The van der Waals surface area contributed by atoms with Gasteiger partial charge in [-0.1, -0.05) is 6.07 Å². The van der Waals surface area contributed by atoms with E-state index in [-0.39, 0.29) is 22.3 Å². The number of likely N-dealkylation sites (tertiary alicyclic amines) is 1. The van der Waals surface area contributed by atoms with Gasteiger partial charge in [0.1, 0.15) is 4.21 Å². The zero-order valence-electron chi connectivity index (χ0n) is 12.3. The Labute approximate surface area is 134 Å². The quantitative estimate of drug-likeness (QED) is 0.890. The van der Waals surface area contributed by atoms with Crippen LogP contribution in [0.4, 0.5) is 0 Å². The van der Waals surface area contributed by atoms with Gasteiger partial charge in [-0.05, 0) is 37.1 Å². The third-order valence-electron chi connectivity index (χ3n) is 4.39. The van der Waals surface area contributed by atoms with Crippen molar-refractivity contribution >= 4 is 27.3 Å². The molecule has 0 aromatic carbocycles. The number of amides is 1. The smallest absolute Gasteiger partial charge is 0.250 e. The molecule has 0 atom stereocenters. The van der Waals surface area contributed by atoms with Gasteiger partial charge in [0.05, 0.1) is 12.1 Å². The fourth-order valence-corrected chi connectivity index (χ4v) is 5.08. The van der Waals surface area contributed by atoms with Gasteiger partial charge in [-0.15, -0.1) is 11.3 Å². The van der Waals surface area contributed by atoms with Crippen molar-refractivity contribution in [1.29, 1.82) is 0 Å². The molecule has 3 rings (SSSR count). The summed E-state index contributed by atoms with van der Waals surface area (Å²) in [6.45, 7) is 1.90. The Morgan fingerprint density at radius 1 is 1.36 bits per heavy atom. The van der Waals surface area contributed by atoms with Crippen molar-refractivity contribution in [2.24, 2.45) is 0 Å². The summed E-state index contributed by atoms with van der Waals surface area (Å²) in [5.74, 6) is -0.173. The molecule has 1 aromatic heterocycles. The summed E-state index contributed by atoms with van der Waals surface area (Å²) < 4.78 is 32.4. The van der Waals surface area contributed by atoms with Crippen molar-refractivity contribution in [3.63, 3.8) is 0 Å². The molecule has 0 unspecified atom stereocenters. The molecule has 0 radical (unpaired) electrons. The molecule has 2 saturated heterocycles. The van der Waals surface area contributed by atoms with Crippen molar-refractivity contribution in [3.05, 3.63) is 17.5 Å². The second-order valence-corrected chi connectivity index (χ2v) is 8.71. The lowest BCUT2D eigenvalue weighted by Crippen LogP contribution is -2.49. The van der Waals surface area contributed by atoms with E-state index in [1.807, 2.05) is 0 Å². The number of nitrogens with one attached hydrogen (secondary N) is 1. The first-order valence-corrected chi connectivity index (χ1v) is 9.82. The van der Waals surface area contributed by atoms with Gasteiger partial charge in [0.15, 0.2) is 0 Å². The van der Waals surface area contributed by atoms with Crippen LogP contribution in [0.2, 0.25) is 0 Å². The molecular formula is C14H20N2O4S2. The maximum Gasteiger partial charge on any atom is 0.250 e. The molecule has 0 bridgehead atoms. The Morgan fingerprint density at radius 3 is 2.73 bits per heavy atom. The SMILES string of the molecule is O=C(CNS(=O)(=O)c1cccs1)N1CCC2(CCCO2)CC1. The summed E-state index contributed by atoms with van der Waals surface area (Å²) in [5.41, 5.74) is -0.0345. The average Bonchev–Trinajstić information content (AvgIpc) is 3.18. The lowest BCUT2D eigenvalue weighted by atomic mass is 9.88. The van der Waals surface area contributed by atoms with Crippen LogP contribution >= 0.6 is 11.3 Å². The van der Waals surface area contributed by atoms with E-state index >= 15 is 0 Å². The van der Waals surface area contributed by atoms with Crippen molar-refractivity contribution in [3.8, 4) is 0 Å². The predicted octanol–water partition coefficient (Wildman–Crippen LogP) is 1.20. The molecule has 1 aromatic rings. The molecule has 3 heterocycles. The van der Waals surface area contributed by atoms with E-state index in [0.29, 0.717) is 13.1 Å². The Morgan fingerprint density at radius 2 is 2.14 bits per heavy atom. The highest BCUT2D eigenvalue weighted by Crippen LogP contribution is 2.35. The number of hydrogen-bond donors (Lipinski definition) is 1. The number of ether oxygens (including phenoxy) is 1. The van der Waals surface area contributed by atoms with E-state index < -0.39 is 10.0 Å². The molecule has 122 valence electrons. The first kappa shape index (κ1) is 15.9. The first-order valence-electron chi connectivity index (χ1n) is 7.46. The van der Waals surface area contributed by atoms with Crippen molar-refractivity contribution < 1.29 is 17.9 Å². The largest absolute Gasteiger partial charge is 0.375 e. The van der Waals surface area contributed by atoms with Gasteiger partial charge in [0.25, 0.3) is 10.0 Å². The van der Waals surface area contributed by atoms with Crippen LogP contribution in [0.25, 0.3) is 0 Å². The zero-order valence-corrected chi connectivity index (χ0v) is 13.9. The molecule has 1 spiro atoms. The highest BCUT2D eigenvalue weighted by atomic mass is 32.2. The van der Waals surface area contributed by atoms with Crippen LogP contribution in [0.5, 0.6) is 0 Å². The Kier molecular flexibility index (Phi) is 4.54. The summed E-state index contributed by atoms with van der Waals surface area (Å²) in [7, 11) is -3.58. The summed E-state index contributed by atoms with van der Waals surface area (Å²) in [6, 6.07) is 3.20. The number of piperidine rings is 1. The van der Waals surface area contributed by atoms with Gasteiger partial charge in [-0.3, -0.25) is 4.79 Å². The lowest BCUT2D eigenvalue weighted by Gasteiger charge is -2.38. The number of nitrogens with zero attached hydrogens (tertiary/aromatic N) is 1. The number of carbonyl (C=O) groups is 1. The molecule has 1 amide bonds. The maximum absolute atomic E-state index is 12.2. The minimum atomic E-state index is -3.58. The molecule has 2 aliphatic rings. The molecule has 0 saturated carbocycles.